The number of nitrogens with one attached hydrogen (secondary N) is 1. The number of para-hydroxylation sites is 1. The van der Waals surface area contributed by atoms with Crippen LogP contribution in [-0.2, 0) is 4.79 Å². The van der Waals surface area contributed by atoms with Gasteiger partial charge in [0, 0.05) is 32.9 Å². The molecule has 3 rings (SSSR count). The van der Waals surface area contributed by atoms with Gasteiger partial charge in [-0.2, -0.15) is 0 Å². The number of allylic oxidation sites excluding steroid dienone is 1. The first-order valence-corrected chi connectivity index (χ1v) is 7.85. The maximum absolute atomic E-state index is 12.9. The summed E-state index contributed by atoms with van der Waals surface area (Å²) in [5, 5.41) is 3.33. The van der Waals surface area contributed by atoms with E-state index < -0.39 is 0 Å². The fourth-order valence-electron chi connectivity index (χ4n) is 2.96. The van der Waals surface area contributed by atoms with E-state index in [9.17, 15) is 9.59 Å². The number of fused-ring (bicyclic) bond motifs is 2. The Morgan fingerprint density at radius 1 is 1.42 bits per heavy atom. The molecule has 1 atom stereocenters. The van der Waals surface area contributed by atoms with Crippen molar-refractivity contribution in [2.75, 3.05) is 33.1 Å². The second kappa shape index (κ2) is 6.39. The maximum Gasteiger partial charge on any atom is 0.260 e. The lowest BCUT2D eigenvalue weighted by Crippen LogP contribution is -2.34. The number of methoxy groups -OCH3 is 1. The van der Waals surface area contributed by atoms with E-state index in [-0.39, 0.29) is 17.9 Å². The summed E-state index contributed by atoms with van der Waals surface area (Å²) < 4.78 is 5.35. The highest BCUT2D eigenvalue weighted by Crippen LogP contribution is 2.35. The topological polar surface area (TPSA) is 61.9 Å². The molecule has 0 unspecified atom stereocenters. The van der Waals surface area contributed by atoms with Crippen molar-refractivity contribution in [1.82, 2.24) is 9.80 Å². The Balaban J connectivity index is 1.86. The lowest BCUT2D eigenvalue weighted by atomic mass is 10.1. The molecule has 2 aliphatic rings. The number of likely N-dealkylation sites (N-methyl/N-ethyl adjacent to an activating group) is 1. The number of ether oxygens (including phenoxy) is 1. The van der Waals surface area contributed by atoms with Gasteiger partial charge >= 0.3 is 0 Å². The zero-order chi connectivity index (χ0) is 17.3. The molecule has 126 valence electrons. The van der Waals surface area contributed by atoms with Crippen LogP contribution < -0.4 is 10.1 Å². The van der Waals surface area contributed by atoms with E-state index >= 15 is 0 Å². The van der Waals surface area contributed by atoms with E-state index in [0.29, 0.717) is 24.3 Å². The smallest absolute Gasteiger partial charge is 0.260 e. The molecule has 1 aromatic carbocycles. The van der Waals surface area contributed by atoms with Crippen LogP contribution in [0.4, 0.5) is 5.69 Å². The summed E-state index contributed by atoms with van der Waals surface area (Å²) in [6.45, 7) is 0.634. The quantitative estimate of drug-likeness (QED) is 0.861. The zero-order valence-electron chi connectivity index (χ0n) is 14.1. The molecule has 0 spiro atoms. The lowest BCUT2D eigenvalue weighted by molar-refractivity contribution is -0.123. The number of carbonyl (C=O) groups excluding carboxylic acids is 2. The van der Waals surface area contributed by atoms with E-state index in [2.05, 4.69) is 5.32 Å². The van der Waals surface area contributed by atoms with Crippen LogP contribution in [0, 0.1) is 0 Å². The van der Waals surface area contributed by atoms with Gasteiger partial charge in [-0.3, -0.25) is 9.59 Å². The molecular formula is C18H21N3O3. The highest BCUT2D eigenvalue weighted by molar-refractivity contribution is 6.02. The minimum absolute atomic E-state index is 0.0312. The molecule has 0 bridgehead atoms. The van der Waals surface area contributed by atoms with E-state index in [1.165, 1.54) is 11.0 Å². The number of rotatable bonds is 3. The Kier molecular flexibility index (Phi) is 4.29. The molecule has 0 aromatic heterocycles. The van der Waals surface area contributed by atoms with Gasteiger partial charge in [0.25, 0.3) is 5.91 Å². The first-order valence-electron chi connectivity index (χ1n) is 7.85. The highest BCUT2D eigenvalue weighted by atomic mass is 16.5. The Labute approximate surface area is 141 Å². The average Bonchev–Trinajstić information content (AvgIpc) is 2.94. The first kappa shape index (κ1) is 16.1. The number of amides is 2. The summed E-state index contributed by atoms with van der Waals surface area (Å²) in [6.07, 6.45) is 5.87. The Morgan fingerprint density at radius 3 is 2.92 bits per heavy atom. The van der Waals surface area contributed by atoms with Gasteiger partial charge in [0.05, 0.1) is 24.4 Å². The monoisotopic (exact) mass is 327 g/mol. The predicted molar refractivity (Wildman–Crippen MR) is 92.0 cm³/mol. The molecule has 2 amide bonds. The molecule has 2 aliphatic heterocycles. The summed E-state index contributed by atoms with van der Waals surface area (Å²) in [6, 6.07) is 5.48. The SMILES string of the molecule is COc1cccc2c1NC[C@@H]1CC(/C=C/C(=O)N(C)C)=CN1C2=O. The molecule has 1 N–H and O–H groups in total. The highest BCUT2D eigenvalue weighted by Gasteiger charge is 2.33. The molecule has 24 heavy (non-hydrogen) atoms. The number of carbonyl (C=O) groups is 2. The van der Waals surface area contributed by atoms with Crippen LogP contribution in [0.2, 0.25) is 0 Å². The van der Waals surface area contributed by atoms with Crippen molar-refractivity contribution in [1.29, 1.82) is 0 Å². The van der Waals surface area contributed by atoms with Gasteiger partial charge in [0.2, 0.25) is 5.91 Å². The Morgan fingerprint density at radius 2 is 2.21 bits per heavy atom. The normalized spacial score (nSPS) is 19.3. The summed E-state index contributed by atoms with van der Waals surface area (Å²) in [7, 11) is 5.01. The first-order chi connectivity index (χ1) is 11.5. The molecule has 1 aromatic rings. The van der Waals surface area contributed by atoms with Gasteiger partial charge in [0.1, 0.15) is 5.75 Å². The van der Waals surface area contributed by atoms with Gasteiger partial charge in [-0.1, -0.05) is 12.1 Å². The largest absolute Gasteiger partial charge is 0.495 e. The minimum atomic E-state index is -0.0717. The van der Waals surface area contributed by atoms with Crippen LogP contribution in [0.15, 0.2) is 42.1 Å². The molecule has 6 heteroatoms. The van der Waals surface area contributed by atoms with E-state index in [0.717, 1.165) is 11.3 Å². The Bertz CT molecular complexity index is 737. The number of hydrogen-bond acceptors (Lipinski definition) is 4. The second-order valence-electron chi connectivity index (χ2n) is 6.10. The van der Waals surface area contributed by atoms with Crippen molar-refractivity contribution in [3.63, 3.8) is 0 Å². The van der Waals surface area contributed by atoms with Crippen LogP contribution >= 0.6 is 0 Å². The van der Waals surface area contributed by atoms with Crippen molar-refractivity contribution in [2.24, 2.45) is 0 Å². The van der Waals surface area contributed by atoms with Gasteiger partial charge < -0.3 is 19.9 Å². The third-order valence-electron chi connectivity index (χ3n) is 4.28. The van der Waals surface area contributed by atoms with Crippen LogP contribution in [0.3, 0.4) is 0 Å². The van der Waals surface area contributed by atoms with Crippen LogP contribution in [0.5, 0.6) is 5.75 Å². The van der Waals surface area contributed by atoms with E-state index in [4.69, 9.17) is 4.74 Å². The van der Waals surface area contributed by atoms with Gasteiger partial charge in [-0.25, -0.2) is 0 Å². The van der Waals surface area contributed by atoms with Gasteiger partial charge in [-0.05, 0) is 24.1 Å². The third-order valence-corrected chi connectivity index (χ3v) is 4.28. The van der Waals surface area contributed by atoms with Crippen LogP contribution in [0.1, 0.15) is 16.8 Å². The number of nitrogens with zero attached hydrogens (tertiary/aromatic N) is 2. The van der Waals surface area contributed by atoms with E-state index in [1.54, 1.807) is 38.2 Å². The third kappa shape index (κ3) is 2.87. The second-order valence-corrected chi connectivity index (χ2v) is 6.10. The van der Waals surface area contributed by atoms with Gasteiger partial charge in [-0.15, -0.1) is 0 Å². The standard InChI is InChI=1S/C18H21N3O3/c1-20(2)16(22)8-7-12-9-13-10-19-17-14(18(23)21(13)11-12)5-4-6-15(17)24-3/h4-8,11,13,19H,9-10H2,1-3H3/b8-7+/t13-/m0/s1. The van der Waals surface area contributed by atoms with Crippen molar-refractivity contribution in [3.05, 3.63) is 47.7 Å². The summed E-state index contributed by atoms with van der Waals surface area (Å²) in [4.78, 5) is 27.8. The predicted octanol–water partition coefficient (Wildman–Crippen LogP) is 1.86. The fourth-order valence-corrected chi connectivity index (χ4v) is 2.96. The van der Waals surface area contributed by atoms with Crippen molar-refractivity contribution in [3.8, 4) is 5.75 Å². The summed E-state index contributed by atoms with van der Waals surface area (Å²) >= 11 is 0. The maximum atomic E-state index is 12.9. The fraction of sp³-hybridized carbons (Fsp3) is 0.333. The number of benzene rings is 1. The summed E-state index contributed by atoms with van der Waals surface area (Å²) in [5.41, 5.74) is 2.31. The number of hydrogen-bond donors (Lipinski definition) is 1. The molecule has 0 fully saturated rings. The van der Waals surface area contributed by atoms with Crippen molar-refractivity contribution < 1.29 is 14.3 Å². The Hall–Kier alpha value is -2.76. The van der Waals surface area contributed by atoms with Crippen LogP contribution in [0.25, 0.3) is 0 Å². The average molecular weight is 327 g/mol. The van der Waals surface area contributed by atoms with Gasteiger partial charge in [0.15, 0.2) is 0 Å². The molecule has 0 saturated carbocycles. The molecule has 2 heterocycles. The molecule has 0 aliphatic carbocycles. The molecule has 6 nitrogen and oxygen atoms in total. The minimum Gasteiger partial charge on any atom is -0.495 e. The molecule has 0 radical (unpaired) electrons. The van der Waals surface area contributed by atoms with E-state index in [1.807, 2.05) is 18.3 Å². The lowest BCUT2D eigenvalue weighted by Gasteiger charge is -2.20. The zero-order valence-corrected chi connectivity index (χ0v) is 14.1. The van der Waals surface area contributed by atoms with Crippen LogP contribution in [-0.4, -0.2) is 55.4 Å². The summed E-state index contributed by atoms with van der Waals surface area (Å²) in [5.74, 6) is 0.543. The number of anilines is 1. The van der Waals surface area contributed by atoms with Crippen molar-refractivity contribution in [2.45, 2.75) is 12.5 Å². The van der Waals surface area contributed by atoms with Crippen molar-refractivity contribution >= 4 is 17.5 Å². The molecule has 0 saturated heterocycles. The molecular weight excluding hydrogens is 306 g/mol.